The van der Waals surface area contributed by atoms with Crippen LogP contribution in [0.3, 0.4) is 0 Å². The summed E-state index contributed by atoms with van der Waals surface area (Å²) >= 11 is 1.45. The van der Waals surface area contributed by atoms with Crippen molar-refractivity contribution >= 4 is 23.0 Å². The Morgan fingerprint density at radius 3 is 3.10 bits per heavy atom. The highest BCUT2D eigenvalue weighted by Crippen LogP contribution is 2.09. The number of nitrogens with one attached hydrogen (secondary N) is 1. The van der Waals surface area contributed by atoms with Gasteiger partial charge in [-0.1, -0.05) is 11.8 Å². The summed E-state index contributed by atoms with van der Waals surface area (Å²) in [5.41, 5.74) is 0. The number of amides is 1. The molecule has 0 saturated carbocycles. The molecule has 2 N–H and O–H groups in total. The highest BCUT2D eigenvalue weighted by atomic mass is 32.2. The number of carboxylic acid groups (broad SMARTS) is 1. The molecule has 1 aliphatic heterocycles. The van der Waals surface area contributed by atoms with E-state index in [9.17, 15) is 4.79 Å². The molecule has 0 radical (unpaired) electrons. The van der Waals surface area contributed by atoms with Crippen LogP contribution in [0.25, 0.3) is 0 Å². The van der Waals surface area contributed by atoms with Gasteiger partial charge >= 0.3 is 6.09 Å². The fourth-order valence-corrected chi connectivity index (χ4v) is 1.44. The van der Waals surface area contributed by atoms with Gasteiger partial charge in [-0.25, -0.2) is 4.79 Å². The standard InChI is InChI=1S/C5H8N2O2S/c8-5(9)7-4-6-2-1-3-10-4/h1-3H2,(H,6,7)(H,8,9). The van der Waals surface area contributed by atoms with Crippen LogP contribution >= 0.6 is 11.8 Å². The Hall–Kier alpha value is -0.710. The molecule has 0 aromatic heterocycles. The summed E-state index contributed by atoms with van der Waals surface area (Å²) in [7, 11) is 0. The molecule has 0 aromatic rings. The van der Waals surface area contributed by atoms with Crippen molar-refractivity contribution in [1.82, 2.24) is 5.32 Å². The van der Waals surface area contributed by atoms with Crippen molar-refractivity contribution in [3.8, 4) is 0 Å². The van der Waals surface area contributed by atoms with Crippen LogP contribution in [0.15, 0.2) is 4.99 Å². The highest BCUT2D eigenvalue weighted by molar-refractivity contribution is 8.13. The fraction of sp³-hybridized carbons (Fsp3) is 0.600. The van der Waals surface area contributed by atoms with Crippen molar-refractivity contribution in [2.24, 2.45) is 4.99 Å². The van der Waals surface area contributed by atoms with Crippen LogP contribution in [0.5, 0.6) is 0 Å². The Morgan fingerprint density at radius 2 is 2.60 bits per heavy atom. The van der Waals surface area contributed by atoms with E-state index in [2.05, 4.69) is 10.3 Å². The molecule has 0 atom stereocenters. The van der Waals surface area contributed by atoms with Gasteiger partial charge in [0.25, 0.3) is 0 Å². The average Bonchev–Trinajstić information content (AvgIpc) is 1.88. The van der Waals surface area contributed by atoms with Crippen LogP contribution in [0.1, 0.15) is 6.42 Å². The van der Waals surface area contributed by atoms with Gasteiger partial charge in [-0.2, -0.15) is 0 Å². The number of hydrogen-bond donors (Lipinski definition) is 2. The molecule has 0 unspecified atom stereocenters. The number of carbonyl (C=O) groups is 1. The fourth-order valence-electron chi connectivity index (χ4n) is 0.627. The van der Waals surface area contributed by atoms with Gasteiger partial charge in [0.1, 0.15) is 0 Å². The molecule has 0 bridgehead atoms. The highest BCUT2D eigenvalue weighted by Gasteiger charge is 2.07. The Balaban J connectivity index is 2.38. The van der Waals surface area contributed by atoms with Gasteiger partial charge < -0.3 is 5.11 Å². The van der Waals surface area contributed by atoms with Gasteiger partial charge in [0.2, 0.25) is 0 Å². The molecule has 1 heterocycles. The zero-order chi connectivity index (χ0) is 7.40. The lowest BCUT2D eigenvalue weighted by Gasteiger charge is -2.09. The van der Waals surface area contributed by atoms with E-state index < -0.39 is 6.09 Å². The van der Waals surface area contributed by atoms with E-state index in [0.29, 0.717) is 5.17 Å². The van der Waals surface area contributed by atoms with E-state index in [1.165, 1.54) is 11.8 Å². The number of amidine groups is 1. The van der Waals surface area contributed by atoms with Crippen molar-refractivity contribution in [3.05, 3.63) is 0 Å². The Kier molecular flexibility index (Phi) is 2.56. The van der Waals surface area contributed by atoms with Gasteiger partial charge in [0.15, 0.2) is 5.17 Å². The third-order valence-electron chi connectivity index (χ3n) is 1.01. The Bertz CT molecular complexity index is 169. The second-order valence-electron chi connectivity index (χ2n) is 1.82. The molecule has 0 spiro atoms. The van der Waals surface area contributed by atoms with Crippen LogP contribution in [-0.2, 0) is 0 Å². The largest absolute Gasteiger partial charge is 0.465 e. The summed E-state index contributed by atoms with van der Waals surface area (Å²) in [6.45, 7) is 0.739. The minimum absolute atomic E-state index is 0.527. The van der Waals surface area contributed by atoms with Gasteiger partial charge in [0, 0.05) is 12.3 Å². The lowest BCUT2D eigenvalue weighted by atomic mass is 10.5. The molecule has 4 nitrogen and oxygen atoms in total. The number of rotatable bonds is 0. The van der Waals surface area contributed by atoms with E-state index in [0.717, 1.165) is 18.7 Å². The van der Waals surface area contributed by atoms with Crippen molar-refractivity contribution < 1.29 is 9.90 Å². The van der Waals surface area contributed by atoms with E-state index in [1.807, 2.05) is 0 Å². The predicted molar refractivity (Wildman–Crippen MR) is 40.5 cm³/mol. The summed E-state index contributed by atoms with van der Waals surface area (Å²) in [6.07, 6.45) is 0.00305. The second kappa shape index (κ2) is 3.46. The smallest absolute Gasteiger partial charge is 0.410 e. The first-order valence-corrected chi connectivity index (χ1v) is 3.95. The molecule has 10 heavy (non-hydrogen) atoms. The number of hydrogen-bond acceptors (Lipinski definition) is 3. The SMILES string of the molecule is O=C(O)NC1=NCCCS1. The van der Waals surface area contributed by atoms with Crippen LogP contribution < -0.4 is 5.32 Å². The monoisotopic (exact) mass is 160 g/mol. The van der Waals surface area contributed by atoms with Gasteiger partial charge in [-0.15, -0.1) is 0 Å². The van der Waals surface area contributed by atoms with Crippen molar-refractivity contribution in [2.45, 2.75) is 6.42 Å². The molecule has 1 aliphatic rings. The minimum atomic E-state index is -1.03. The van der Waals surface area contributed by atoms with Crippen LogP contribution in [-0.4, -0.2) is 28.7 Å². The quantitative estimate of drug-likeness (QED) is 0.549. The maximum Gasteiger partial charge on any atom is 0.410 e. The average molecular weight is 160 g/mol. The topological polar surface area (TPSA) is 61.7 Å². The maximum atomic E-state index is 10.1. The van der Waals surface area contributed by atoms with E-state index in [-0.39, 0.29) is 0 Å². The first-order valence-electron chi connectivity index (χ1n) is 2.96. The van der Waals surface area contributed by atoms with Crippen LogP contribution in [0, 0.1) is 0 Å². The second-order valence-corrected chi connectivity index (χ2v) is 2.90. The molecule has 0 saturated heterocycles. The van der Waals surface area contributed by atoms with Gasteiger partial charge in [-0.05, 0) is 6.42 Å². The molecule has 5 heteroatoms. The summed E-state index contributed by atoms with van der Waals surface area (Å²) in [5, 5.41) is 11.0. The number of aliphatic imine (C=N–C) groups is 1. The van der Waals surface area contributed by atoms with E-state index in [1.54, 1.807) is 0 Å². The Labute approximate surface area is 62.7 Å². The van der Waals surface area contributed by atoms with Gasteiger partial charge in [-0.3, -0.25) is 10.3 Å². The zero-order valence-electron chi connectivity index (χ0n) is 5.33. The molecule has 56 valence electrons. The summed E-state index contributed by atoms with van der Waals surface area (Å²) in [6, 6.07) is 0. The van der Waals surface area contributed by atoms with Crippen LogP contribution in [0.4, 0.5) is 4.79 Å². The molecule has 1 rings (SSSR count). The third kappa shape index (κ3) is 2.26. The first-order chi connectivity index (χ1) is 4.79. The van der Waals surface area contributed by atoms with E-state index >= 15 is 0 Å². The van der Waals surface area contributed by atoms with Crippen molar-refractivity contribution in [1.29, 1.82) is 0 Å². The predicted octanol–water partition coefficient (Wildman–Crippen LogP) is 0.747. The molecule has 0 fully saturated rings. The van der Waals surface area contributed by atoms with Gasteiger partial charge in [0.05, 0.1) is 0 Å². The van der Waals surface area contributed by atoms with E-state index in [4.69, 9.17) is 5.11 Å². The first kappa shape index (κ1) is 7.40. The molecule has 0 aromatic carbocycles. The lowest BCUT2D eigenvalue weighted by Crippen LogP contribution is -2.28. The van der Waals surface area contributed by atoms with Crippen molar-refractivity contribution in [2.75, 3.05) is 12.3 Å². The summed E-state index contributed by atoms with van der Waals surface area (Å²) in [4.78, 5) is 14.0. The summed E-state index contributed by atoms with van der Waals surface area (Å²) in [5.74, 6) is 0.957. The molecular weight excluding hydrogens is 152 g/mol. The maximum absolute atomic E-state index is 10.1. The third-order valence-corrected chi connectivity index (χ3v) is 2.01. The number of nitrogens with zero attached hydrogens (tertiary/aromatic N) is 1. The van der Waals surface area contributed by atoms with Crippen molar-refractivity contribution in [3.63, 3.8) is 0 Å². The molecule has 1 amide bonds. The van der Waals surface area contributed by atoms with Crippen LogP contribution in [0.2, 0.25) is 0 Å². The zero-order valence-corrected chi connectivity index (χ0v) is 6.15. The summed E-state index contributed by atoms with van der Waals surface area (Å²) < 4.78 is 0. The minimum Gasteiger partial charge on any atom is -0.465 e. The molecule has 0 aliphatic carbocycles. The molecular formula is C5H8N2O2S. The lowest BCUT2D eigenvalue weighted by molar-refractivity contribution is 0.200. The normalized spacial score (nSPS) is 17.8. The Morgan fingerprint density at radius 1 is 1.80 bits per heavy atom. The number of thioether (sulfide) groups is 1.